The molecule has 0 aliphatic carbocycles. The van der Waals surface area contributed by atoms with Crippen LogP contribution in [0.2, 0.25) is 0 Å². The minimum atomic E-state index is -0.0406. The average Bonchev–Trinajstić information content (AvgIpc) is 3.15. The van der Waals surface area contributed by atoms with Gasteiger partial charge >= 0.3 is 0 Å². The highest BCUT2D eigenvalue weighted by molar-refractivity contribution is 5.94. The molecule has 1 atom stereocenters. The second-order valence-corrected chi connectivity index (χ2v) is 9.32. The number of nitrogens with zero attached hydrogens (tertiary/aromatic N) is 3. The van der Waals surface area contributed by atoms with E-state index < -0.39 is 0 Å². The summed E-state index contributed by atoms with van der Waals surface area (Å²) in [6.07, 6.45) is 1.21. The Balaban J connectivity index is 1.47. The lowest BCUT2D eigenvalue weighted by Gasteiger charge is -2.38. The number of benzene rings is 2. The van der Waals surface area contributed by atoms with Gasteiger partial charge in [-0.15, -0.1) is 0 Å². The number of likely N-dealkylation sites (N-methyl/N-ethyl adjacent to an activating group) is 2. The van der Waals surface area contributed by atoms with Gasteiger partial charge in [0.2, 0.25) is 0 Å². The first-order chi connectivity index (χ1) is 15.4. The van der Waals surface area contributed by atoms with Crippen LogP contribution in [0, 0.1) is 0 Å². The number of ether oxygens (including phenoxy) is 1. The fourth-order valence-electron chi connectivity index (χ4n) is 4.63. The largest absolute Gasteiger partial charge is 0.491 e. The molecule has 1 amide bonds. The molecule has 6 heteroatoms. The van der Waals surface area contributed by atoms with Crippen molar-refractivity contribution in [2.45, 2.75) is 32.4 Å². The van der Waals surface area contributed by atoms with Crippen LogP contribution in [-0.2, 0) is 6.42 Å². The Labute approximate surface area is 192 Å². The van der Waals surface area contributed by atoms with Gasteiger partial charge in [0.25, 0.3) is 5.91 Å². The van der Waals surface area contributed by atoms with Gasteiger partial charge in [-0.2, -0.15) is 0 Å². The van der Waals surface area contributed by atoms with Gasteiger partial charge in [0, 0.05) is 57.6 Å². The zero-order chi connectivity index (χ0) is 22.7. The Kier molecular flexibility index (Phi) is 7.01. The number of hydrogen-bond acceptors (Lipinski definition) is 5. The van der Waals surface area contributed by atoms with Gasteiger partial charge in [0.15, 0.2) is 0 Å². The second kappa shape index (κ2) is 9.92. The number of anilines is 1. The van der Waals surface area contributed by atoms with E-state index in [9.17, 15) is 4.79 Å². The van der Waals surface area contributed by atoms with E-state index in [1.54, 1.807) is 0 Å². The lowest BCUT2D eigenvalue weighted by atomic mass is 10.00. The van der Waals surface area contributed by atoms with Crippen LogP contribution in [0.4, 0.5) is 5.69 Å². The van der Waals surface area contributed by atoms with Crippen LogP contribution in [0.1, 0.15) is 41.4 Å². The third kappa shape index (κ3) is 5.25. The Bertz CT molecular complexity index is 920. The fourth-order valence-corrected chi connectivity index (χ4v) is 4.63. The van der Waals surface area contributed by atoms with Crippen molar-refractivity contribution in [2.24, 2.45) is 0 Å². The van der Waals surface area contributed by atoms with Crippen molar-refractivity contribution in [1.82, 2.24) is 15.1 Å². The Morgan fingerprint density at radius 2 is 1.72 bits per heavy atom. The molecule has 0 aromatic heterocycles. The molecule has 1 N–H and O–H groups in total. The highest BCUT2D eigenvalue weighted by atomic mass is 16.5. The van der Waals surface area contributed by atoms with E-state index in [0.717, 1.165) is 44.9 Å². The predicted octanol–water partition coefficient (Wildman–Crippen LogP) is 3.18. The van der Waals surface area contributed by atoms with Crippen molar-refractivity contribution in [2.75, 3.05) is 58.3 Å². The number of piperazine rings is 1. The third-order valence-corrected chi connectivity index (χ3v) is 6.54. The molecule has 6 nitrogen and oxygen atoms in total. The minimum Gasteiger partial charge on any atom is -0.491 e. The van der Waals surface area contributed by atoms with Crippen molar-refractivity contribution in [3.63, 3.8) is 0 Å². The van der Waals surface area contributed by atoms with Crippen molar-refractivity contribution in [3.05, 3.63) is 59.2 Å². The summed E-state index contributed by atoms with van der Waals surface area (Å²) >= 11 is 0. The van der Waals surface area contributed by atoms with Crippen LogP contribution in [0.15, 0.2) is 42.5 Å². The molecule has 0 unspecified atom stereocenters. The molecular formula is C26H36N4O2. The number of rotatable bonds is 7. The molecule has 1 saturated heterocycles. The maximum absolute atomic E-state index is 12.9. The molecule has 2 aliphatic heterocycles. The normalized spacial score (nSPS) is 18.0. The summed E-state index contributed by atoms with van der Waals surface area (Å²) < 4.78 is 5.69. The minimum absolute atomic E-state index is 0.0406. The smallest absolute Gasteiger partial charge is 0.251 e. The van der Waals surface area contributed by atoms with E-state index >= 15 is 0 Å². The number of amides is 1. The first-order valence-electron chi connectivity index (χ1n) is 11.7. The van der Waals surface area contributed by atoms with Crippen molar-refractivity contribution in [3.8, 4) is 5.75 Å². The average molecular weight is 437 g/mol. The number of carbonyl (C=O) groups excluding carboxylic acids is 1. The SMILES string of the molecule is CC(C)Oc1ccc(C(=O)NC[C@@H](c2ccc3c(c2)CCN3C)N2CCN(C)CC2)cc1. The fraction of sp³-hybridized carbons (Fsp3) is 0.500. The molecule has 32 heavy (non-hydrogen) atoms. The molecular weight excluding hydrogens is 400 g/mol. The Hall–Kier alpha value is -2.57. The molecule has 0 bridgehead atoms. The highest BCUT2D eigenvalue weighted by Gasteiger charge is 2.26. The van der Waals surface area contributed by atoms with Gasteiger partial charge < -0.3 is 19.9 Å². The molecule has 2 aromatic rings. The van der Waals surface area contributed by atoms with Gasteiger partial charge in [-0.05, 0) is 68.8 Å². The first kappa shape index (κ1) is 22.6. The van der Waals surface area contributed by atoms with Gasteiger partial charge in [0.05, 0.1) is 12.1 Å². The standard InChI is InChI=1S/C26H36N4O2/c1-19(2)32-23-8-5-20(6-9-23)26(31)27-18-25(30-15-13-28(3)14-16-30)21-7-10-24-22(17-21)11-12-29(24)4/h5-10,17,19,25H,11-16,18H2,1-4H3,(H,27,31)/t25-/m0/s1. The topological polar surface area (TPSA) is 48.1 Å². The lowest BCUT2D eigenvalue weighted by Crippen LogP contribution is -2.48. The van der Waals surface area contributed by atoms with Crippen LogP contribution in [0.3, 0.4) is 0 Å². The number of fused-ring (bicyclic) bond motifs is 1. The number of carbonyl (C=O) groups is 1. The van der Waals surface area contributed by atoms with E-state index in [2.05, 4.69) is 52.3 Å². The summed E-state index contributed by atoms with van der Waals surface area (Å²) in [5.74, 6) is 0.746. The molecule has 2 aliphatic rings. The van der Waals surface area contributed by atoms with Gasteiger partial charge in [-0.25, -0.2) is 0 Å². The highest BCUT2D eigenvalue weighted by Crippen LogP contribution is 2.31. The zero-order valence-corrected chi connectivity index (χ0v) is 19.8. The summed E-state index contributed by atoms with van der Waals surface area (Å²) in [6.45, 7) is 9.79. The monoisotopic (exact) mass is 436 g/mol. The van der Waals surface area contributed by atoms with Gasteiger partial charge in [-0.1, -0.05) is 12.1 Å². The zero-order valence-electron chi connectivity index (χ0n) is 19.8. The maximum atomic E-state index is 12.9. The van der Waals surface area contributed by atoms with Gasteiger partial charge in [-0.3, -0.25) is 9.69 Å². The molecule has 1 fully saturated rings. The molecule has 2 aromatic carbocycles. The molecule has 4 rings (SSSR count). The Morgan fingerprint density at radius 1 is 1.00 bits per heavy atom. The predicted molar refractivity (Wildman–Crippen MR) is 130 cm³/mol. The lowest BCUT2D eigenvalue weighted by molar-refractivity contribution is 0.0886. The number of hydrogen-bond donors (Lipinski definition) is 1. The summed E-state index contributed by atoms with van der Waals surface area (Å²) in [5.41, 5.74) is 4.70. The van der Waals surface area contributed by atoms with Crippen molar-refractivity contribution in [1.29, 1.82) is 0 Å². The summed E-state index contributed by atoms with van der Waals surface area (Å²) in [7, 11) is 4.33. The van der Waals surface area contributed by atoms with Crippen LogP contribution in [0.5, 0.6) is 5.75 Å². The molecule has 0 radical (unpaired) electrons. The summed E-state index contributed by atoms with van der Waals surface area (Å²) in [4.78, 5) is 20.1. The van der Waals surface area contributed by atoms with Crippen molar-refractivity contribution < 1.29 is 9.53 Å². The van der Waals surface area contributed by atoms with E-state index in [1.165, 1.54) is 16.8 Å². The molecule has 172 valence electrons. The maximum Gasteiger partial charge on any atom is 0.251 e. The van der Waals surface area contributed by atoms with E-state index in [1.807, 2.05) is 38.1 Å². The third-order valence-electron chi connectivity index (χ3n) is 6.54. The quantitative estimate of drug-likeness (QED) is 0.722. The van der Waals surface area contributed by atoms with Crippen molar-refractivity contribution >= 4 is 11.6 Å². The first-order valence-corrected chi connectivity index (χ1v) is 11.7. The van der Waals surface area contributed by atoms with Crippen LogP contribution in [0.25, 0.3) is 0 Å². The summed E-state index contributed by atoms with van der Waals surface area (Å²) in [6, 6.07) is 14.4. The Morgan fingerprint density at radius 3 is 2.41 bits per heavy atom. The molecule has 2 heterocycles. The van der Waals surface area contributed by atoms with Crippen LogP contribution >= 0.6 is 0 Å². The molecule has 0 spiro atoms. The number of nitrogens with one attached hydrogen (secondary N) is 1. The van der Waals surface area contributed by atoms with Crippen LogP contribution in [-0.4, -0.2) is 75.2 Å². The van der Waals surface area contributed by atoms with E-state index in [4.69, 9.17) is 4.74 Å². The second-order valence-electron chi connectivity index (χ2n) is 9.32. The summed E-state index contributed by atoms with van der Waals surface area (Å²) in [5, 5.41) is 3.20. The van der Waals surface area contributed by atoms with E-state index in [0.29, 0.717) is 12.1 Å². The van der Waals surface area contributed by atoms with Gasteiger partial charge in [0.1, 0.15) is 5.75 Å². The molecule has 0 saturated carbocycles. The van der Waals surface area contributed by atoms with E-state index in [-0.39, 0.29) is 18.1 Å². The van der Waals surface area contributed by atoms with Crippen LogP contribution < -0.4 is 15.0 Å².